The van der Waals surface area contributed by atoms with Crippen molar-refractivity contribution in [3.8, 4) is 11.5 Å². The number of rotatable bonds is 2. The maximum atomic E-state index is 6.63. The summed E-state index contributed by atoms with van der Waals surface area (Å²) in [5.74, 6) is 1.56. The quantitative estimate of drug-likeness (QED) is 0.718. The molecule has 2 nitrogen and oxygen atoms in total. The first kappa shape index (κ1) is 13.8. The molecule has 0 bridgehead atoms. The number of alkyl halides is 1. The van der Waals surface area contributed by atoms with Gasteiger partial charge < -0.3 is 9.47 Å². The highest BCUT2D eigenvalue weighted by Crippen LogP contribution is 2.38. The smallest absolute Gasteiger partial charge is 0.161 e. The lowest BCUT2D eigenvalue weighted by Gasteiger charge is -2.21. The van der Waals surface area contributed by atoms with Crippen molar-refractivity contribution in [1.82, 2.24) is 0 Å². The van der Waals surface area contributed by atoms with Crippen molar-refractivity contribution in [2.24, 2.45) is 0 Å². The third-order valence-electron chi connectivity index (χ3n) is 3.44. The first-order chi connectivity index (χ1) is 9.66. The summed E-state index contributed by atoms with van der Waals surface area (Å²) in [6.45, 7) is 3.24. The molecule has 2 aromatic rings. The first-order valence-electron chi connectivity index (χ1n) is 6.45. The summed E-state index contributed by atoms with van der Waals surface area (Å²) >= 11 is 10.2. The number of fused-ring (bicyclic) bond motifs is 1. The van der Waals surface area contributed by atoms with E-state index in [0.29, 0.717) is 13.2 Å². The van der Waals surface area contributed by atoms with E-state index in [0.717, 1.165) is 32.7 Å². The van der Waals surface area contributed by atoms with Crippen molar-refractivity contribution in [3.63, 3.8) is 0 Å². The maximum Gasteiger partial charge on any atom is 0.161 e. The fraction of sp³-hybridized carbons (Fsp3) is 0.250. The van der Waals surface area contributed by atoms with Crippen molar-refractivity contribution in [1.29, 1.82) is 0 Å². The van der Waals surface area contributed by atoms with Crippen molar-refractivity contribution in [3.05, 3.63) is 57.6 Å². The van der Waals surface area contributed by atoms with Crippen LogP contribution in [-0.2, 0) is 0 Å². The number of halogens is 2. The average Bonchev–Trinajstić information content (AvgIpc) is 2.49. The topological polar surface area (TPSA) is 18.5 Å². The maximum absolute atomic E-state index is 6.63. The molecule has 0 aliphatic carbocycles. The Balaban J connectivity index is 1.98. The van der Waals surface area contributed by atoms with Crippen LogP contribution in [0, 0.1) is 6.92 Å². The van der Waals surface area contributed by atoms with Gasteiger partial charge in [-0.15, -0.1) is 11.6 Å². The predicted octanol–water partition coefficient (Wildman–Crippen LogP) is 4.86. The van der Waals surface area contributed by atoms with Crippen LogP contribution in [-0.4, -0.2) is 13.2 Å². The molecule has 0 aromatic heterocycles. The number of ether oxygens (including phenoxy) is 2. The highest BCUT2D eigenvalue weighted by atomic mass is 79.9. The monoisotopic (exact) mass is 352 g/mol. The molecule has 1 aliphatic heterocycles. The Bertz CT molecular complexity index is 642. The van der Waals surface area contributed by atoms with E-state index in [4.69, 9.17) is 21.1 Å². The van der Waals surface area contributed by atoms with Crippen molar-refractivity contribution in [2.45, 2.75) is 12.3 Å². The van der Waals surface area contributed by atoms with E-state index in [1.54, 1.807) is 0 Å². The molecule has 0 saturated carbocycles. The van der Waals surface area contributed by atoms with Gasteiger partial charge in [0.15, 0.2) is 11.5 Å². The zero-order valence-electron chi connectivity index (χ0n) is 11.0. The van der Waals surface area contributed by atoms with Gasteiger partial charge in [-0.2, -0.15) is 0 Å². The van der Waals surface area contributed by atoms with Gasteiger partial charge in [0.25, 0.3) is 0 Å². The molecular formula is C16H14BrClO2. The van der Waals surface area contributed by atoms with Gasteiger partial charge in [0, 0.05) is 4.47 Å². The van der Waals surface area contributed by atoms with E-state index in [9.17, 15) is 0 Å². The highest BCUT2D eigenvalue weighted by Gasteiger charge is 2.18. The van der Waals surface area contributed by atoms with Gasteiger partial charge in [0.2, 0.25) is 0 Å². The summed E-state index contributed by atoms with van der Waals surface area (Å²) in [5.41, 5.74) is 3.26. The molecule has 0 fully saturated rings. The molecule has 4 heteroatoms. The third-order valence-corrected chi connectivity index (χ3v) is 4.79. The van der Waals surface area contributed by atoms with E-state index in [1.165, 1.54) is 0 Å². The molecule has 1 aliphatic rings. The fourth-order valence-electron chi connectivity index (χ4n) is 2.30. The summed E-state index contributed by atoms with van der Waals surface area (Å²) in [5, 5.41) is -0.205. The number of hydrogen-bond acceptors (Lipinski definition) is 2. The van der Waals surface area contributed by atoms with E-state index >= 15 is 0 Å². The van der Waals surface area contributed by atoms with Crippen LogP contribution in [0.4, 0.5) is 0 Å². The third kappa shape index (κ3) is 2.52. The molecule has 1 atom stereocenters. The lowest BCUT2D eigenvalue weighted by molar-refractivity contribution is 0.171. The minimum absolute atomic E-state index is 0.205. The molecule has 104 valence electrons. The van der Waals surface area contributed by atoms with Gasteiger partial charge in [0.05, 0.1) is 5.38 Å². The molecule has 20 heavy (non-hydrogen) atoms. The van der Waals surface area contributed by atoms with Gasteiger partial charge in [-0.1, -0.05) is 34.1 Å². The number of benzene rings is 2. The normalized spacial score (nSPS) is 14.9. The molecule has 0 spiro atoms. The molecular weight excluding hydrogens is 340 g/mol. The van der Waals surface area contributed by atoms with Gasteiger partial charge in [-0.25, -0.2) is 0 Å². The molecule has 1 unspecified atom stereocenters. The van der Waals surface area contributed by atoms with Crippen LogP contribution in [0.2, 0.25) is 0 Å². The second-order valence-corrected chi connectivity index (χ2v) is 6.01. The Morgan fingerprint density at radius 1 is 1.10 bits per heavy atom. The molecule has 3 rings (SSSR count). The minimum Gasteiger partial charge on any atom is -0.486 e. The SMILES string of the molecule is Cc1c(Br)cccc1C(Cl)c1ccc2c(c1)OCCO2. The Morgan fingerprint density at radius 2 is 1.85 bits per heavy atom. The van der Waals surface area contributed by atoms with Crippen LogP contribution in [0.1, 0.15) is 22.1 Å². The lowest BCUT2D eigenvalue weighted by atomic mass is 9.99. The Kier molecular flexibility index (Phi) is 3.90. The zero-order valence-corrected chi connectivity index (χ0v) is 13.4. The van der Waals surface area contributed by atoms with E-state index in [-0.39, 0.29) is 5.38 Å². The van der Waals surface area contributed by atoms with Crippen LogP contribution in [0.3, 0.4) is 0 Å². The van der Waals surface area contributed by atoms with Gasteiger partial charge in [-0.3, -0.25) is 0 Å². The summed E-state index contributed by atoms with van der Waals surface area (Å²) in [6.07, 6.45) is 0. The molecule has 2 aromatic carbocycles. The second kappa shape index (κ2) is 5.66. The molecule has 0 amide bonds. The lowest BCUT2D eigenvalue weighted by Crippen LogP contribution is -2.15. The summed E-state index contributed by atoms with van der Waals surface area (Å²) < 4.78 is 12.2. The fourth-order valence-corrected chi connectivity index (χ4v) is 3.05. The Morgan fingerprint density at radius 3 is 2.65 bits per heavy atom. The van der Waals surface area contributed by atoms with Crippen molar-refractivity contribution < 1.29 is 9.47 Å². The molecule has 1 heterocycles. The average molecular weight is 354 g/mol. The van der Waals surface area contributed by atoms with Gasteiger partial charge in [0.1, 0.15) is 13.2 Å². The zero-order chi connectivity index (χ0) is 14.1. The summed E-state index contributed by atoms with van der Waals surface area (Å²) in [7, 11) is 0. The largest absolute Gasteiger partial charge is 0.486 e. The van der Waals surface area contributed by atoms with Crippen LogP contribution in [0.5, 0.6) is 11.5 Å². The van der Waals surface area contributed by atoms with Gasteiger partial charge in [-0.05, 0) is 41.8 Å². The van der Waals surface area contributed by atoms with Crippen LogP contribution < -0.4 is 9.47 Å². The molecule has 0 radical (unpaired) electrons. The van der Waals surface area contributed by atoms with Crippen molar-refractivity contribution in [2.75, 3.05) is 13.2 Å². The predicted molar refractivity (Wildman–Crippen MR) is 84.0 cm³/mol. The highest BCUT2D eigenvalue weighted by molar-refractivity contribution is 9.10. The van der Waals surface area contributed by atoms with E-state index in [2.05, 4.69) is 28.9 Å². The van der Waals surface area contributed by atoms with Gasteiger partial charge >= 0.3 is 0 Å². The summed E-state index contributed by atoms with van der Waals surface area (Å²) in [4.78, 5) is 0. The van der Waals surface area contributed by atoms with Crippen molar-refractivity contribution >= 4 is 27.5 Å². The number of hydrogen-bond donors (Lipinski definition) is 0. The van der Waals surface area contributed by atoms with Crippen LogP contribution in [0.15, 0.2) is 40.9 Å². The minimum atomic E-state index is -0.205. The Hall–Kier alpha value is -1.19. The molecule has 0 saturated heterocycles. The standard InChI is InChI=1S/C16H14BrClO2/c1-10-12(3-2-4-13(10)17)16(18)11-5-6-14-15(9-11)20-8-7-19-14/h2-6,9,16H,7-8H2,1H3. The second-order valence-electron chi connectivity index (χ2n) is 4.72. The molecule has 0 N–H and O–H groups in total. The first-order valence-corrected chi connectivity index (χ1v) is 7.68. The van der Waals surface area contributed by atoms with Crippen LogP contribution in [0.25, 0.3) is 0 Å². The van der Waals surface area contributed by atoms with Crippen LogP contribution >= 0.6 is 27.5 Å². The van der Waals surface area contributed by atoms with E-state index < -0.39 is 0 Å². The Labute approximate surface area is 131 Å². The van der Waals surface area contributed by atoms with E-state index in [1.807, 2.05) is 30.3 Å². The summed E-state index contributed by atoms with van der Waals surface area (Å²) in [6, 6.07) is 11.9.